The number of amides is 1. The van der Waals surface area contributed by atoms with E-state index in [1.165, 1.54) is 0 Å². The summed E-state index contributed by atoms with van der Waals surface area (Å²) in [6.07, 6.45) is 1.46. The second-order valence-electron chi connectivity index (χ2n) is 7.21. The van der Waals surface area contributed by atoms with Gasteiger partial charge in [0.2, 0.25) is 0 Å². The number of carbonyl (C=O) groups excluding carboxylic acids is 1. The highest BCUT2D eigenvalue weighted by atomic mass is 35.5. The average molecular weight is 369 g/mol. The van der Waals surface area contributed by atoms with E-state index < -0.39 is 5.60 Å². The lowest BCUT2D eigenvalue weighted by atomic mass is 9.71. The predicted molar refractivity (Wildman–Crippen MR) is 95.4 cm³/mol. The summed E-state index contributed by atoms with van der Waals surface area (Å²) < 4.78 is 5.43. The number of likely N-dealkylation sites (tertiary alicyclic amines) is 1. The fourth-order valence-electron chi connectivity index (χ4n) is 2.99. The Balaban J connectivity index is 2.16. The van der Waals surface area contributed by atoms with E-state index in [1.807, 2.05) is 32.9 Å². The van der Waals surface area contributed by atoms with Crippen LogP contribution in [-0.4, -0.2) is 29.7 Å². The van der Waals surface area contributed by atoms with Crippen molar-refractivity contribution in [3.63, 3.8) is 0 Å². The summed E-state index contributed by atoms with van der Waals surface area (Å²) in [6.45, 7) is 6.66. The maximum absolute atomic E-state index is 12.2. The molecule has 0 N–H and O–H groups in total. The summed E-state index contributed by atoms with van der Waals surface area (Å²) in [7, 11) is 0. The van der Waals surface area contributed by atoms with Crippen LogP contribution in [0.2, 0.25) is 10.0 Å². The van der Waals surface area contributed by atoms with Gasteiger partial charge in [-0.3, -0.25) is 0 Å². The molecule has 0 spiro atoms. The Labute approximate surface area is 153 Å². The number of nitriles is 1. The molecule has 1 saturated heterocycles. The molecule has 1 amide bonds. The molecule has 4 nitrogen and oxygen atoms in total. The fraction of sp³-hybridized carbons (Fsp3) is 0.556. The Hall–Kier alpha value is -1.44. The molecule has 1 aliphatic heterocycles. The van der Waals surface area contributed by atoms with Crippen molar-refractivity contribution in [3.8, 4) is 6.07 Å². The normalized spacial score (nSPS) is 17.2. The van der Waals surface area contributed by atoms with Crippen molar-refractivity contribution in [1.82, 2.24) is 4.90 Å². The maximum atomic E-state index is 12.2. The Morgan fingerprint density at radius 1 is 1.29 bits per heavy atom. The summed E-state index contributed by atoms with van der Waals surface area (Å²) in [4.78, 5) is 13.9. The minimum absolute atomic E-state index is 0.304. The zero-order chi connectivity index (χ0) is 18.0. The van der Waals surface area contributed by atoms with E-state index in [-0.39, 0.29) is 11.5 Å². The lowest BCUT2D eigenvalue weighted by molar-refractivity contribution is 0.0165. The largest absolute Gasteiger partial charge is 0.444 e. The second-order valence-corrected chi connectivity index (χ2v) is 8.03. The molecule has 0 bridgehead atoms. The van der Waals surface area contributed by atoms with Crippen LogP contribution in [0.5, 0.6) is 0 Å². The zero-order valence-electron chi connectivity index (χ0n) is 14.2. The summed E-state index contributed by atoms with van der Waals surface area (Å²) in [5.41, 5.74) is 0.186. The highest BCUT2D eigenvalue weighted by molar-refractivity contribution is 6.42. The third kappa shape index (κ3) is 4.34. The molecule has 24 heavy (non-hydrogen) atoms. The first-order valence-corrected chi connectivity index (χ1v) is 8.73. The Bertz CT molecular complexity index is 654. The Kier molecular flexibility index (Phi) is 5.67. The number of nitrogens with zero attached hydrogens (tertiary/aromatic N) is 2. The average Bonchev–Trinajstić information content (AvgIpc) is 2.49. The van der Waals surface area contributed by atoms with Crippen molar-refractivity contribution in [2.45, 2.75) is 51.0 Å². The van der Waals surface area contributed by atoms with Crippen molar-refractivity contribution >= 4 is 29.3 Å². The highest BCUT2D eigenvalue weighted by Gasteiger charge is 2.38. The van der Waals surface area contributed by atoms with Crippen LogP contribution < -0.4 is 0 Å². The summed E-state index contributed by atoms with van der Waals surface area (Å²) in [6, 6.07) is 7.81. The third-order valence-corrected chi connectivity index (χ3v) is 5.06. The monoisotopic (exact) mass is 368 g/mol. The van der Waals surface area contributed by atoms with Gasteiger partial charge >= 0.3 is 6.09 Å². The topological polar surface area (TPSA) is 53.3 Å². The van der Waals surface area contributed by atoms with Gasteiger partial charge in [-0.15, -0.1) is 0 Å². The van der Waals surface area contributed by atoms with Gasteiger partial charge in [-0.1, -0.05) is 29.3 Å². The van der Waals surface area contributed by atoms with Gasteiger partial charge < -0.3 is 9.64 Å². The minimum Gasteiger partial charge on any atom is -0.444 e. The van der Waals surface area contributed by atoms with E-state index in [2.05, 4.69) is 6.07 Å². The lowest BCUT2D eigenvalue weighted by Crippen LogP contribution is -2.46. The summed E-state index contributed by atoms with van der Waals surface area (Å²) in [5.74, 6) is 0. The van der Waals surface area contributed by atoms with E-state index in [1.54, 1.807) is 11.0 Å². The molecule has 1 aliphatic rings. The predicted octanol–water partition coefficient (Wildman–Crippen LogP) is 5.18. The van der Waals surface area contributed by atoms with Gasteiger partial charge in [-0.2, -0.15) is 5.26 Å². The van der Waals surface area contributed by atoms with Crippen LogP contribution in [0.3, 0.4) is 0 Å². The van der Waals surface area contributed by atoms with E-state index >= 15 is 0 Å². The molecule has 1 heterocycles. The molecule has 0 aromatic heterocycles. The van der Waals surface area contributed by atoms with E-state index in [9.17, 15) is 10.1 Å². The number of carbonyl (C=O) groups is 1. The number of rotatable bonds is 2. The number of hydrogen-bond donors (Lipinski definition) is 0. The van der Waals surface area contributed by atoms with Gasteiger partial charge in [0.15, 0.2) is 0 Å². The van der Waals surface area contributed by atoms with Gasteiger partial charge in [-0.25, -0.2) is 4.79 Å². The first-order chi connectivity index (χ1) is 11.2. The zero-order valence-corrected chi connectivity index (χ0v) is 15.7. The molecule has 6 heteroatoms. The van der Waals surface area contributed by atoms with E-state index in [4.69, 9.17) is 27.9 Å². The standard InChI is InChI=1S/C18H22Cl2N2O2/c1-17(2,3)24-16(23)22-10-7-18(6-9-21,8-11-22)13-4-5-14(19)15(20)12-13/h4-5,12H,6-8,10-11H2,1-3H3. The van der Waals surface area contributed by atoms with Gasteiger partial charge in [0, 0.05) is 24.9 Å². The number of hydrogen-bond acceptors (Lipinski definition) is 3. The molecule has 0 atom stereocenters. The molecule has 130 valence electrons. The van der Waals surface area contributed by atoms with Crippen LogP contribution in [0, 0.1) is 11.3 Å². The molecule has 1 fully saturated rings. The first kappa shape index (κ1) is 18.9. The van der Waals surface area contributed by atoms with Crippen molar-refractivity contribution in [3.05, 3.63) is 33.8 Å². The van der Waals surface area contributed by atoms with Crippen molar-refractivity contribution in [2.24, 2.45) is 0 Å². The Morgan fingerprint density at radius 3 is 2.42 bits per heavy atom. The molecule has 2 rings (SSSR count). The number of piperidine rings is 1. The van der Waals surface area contributed by atoms with E-state index in [0.717, 1.165) is 5.56 Å². The molecule has 0 unspecified atom stereocenters. The molecular formula is C18H22Cl2N2O2. The van der Waals surface area contributed by atoms with Crippen LogP contribution in [0.1, 0.15) is 45.6 Å². The van der Waals surface area contributed by atoms with Crippen LogP contribution in [0.15, 0.2) is 18.2 Å². The molecule has 0 aliphatic carbocycles. The highest BCUT2D eigenvalue weighted by Crippen LogP contribution is 2.40. The van der Waals surface area contributed by atoms with Gasteiger partial charge in [0.1, 0.15) is 5.60 Å². The van der Waals surface area contributed by atoms with Crippen molar-refractivity contribution in [2.75, 3.05) is 13.1 Å². The molecular weight excluding hydrogens is 347 g/mol. The quantitative estimate of drug-likeness (QED) is 0.722. The Morgan fingerprint density at radius 2 is 1.92 bits per heavy atom. The van der Waals surface area contributed by atoms with Gasteiger partial charge in [0.25, 0.3) is 0 Å². The number of halogens is 2. The van der Waals surface area contributed by atoms with Gasteiger partial charge in [-0.05, 0) is 51.3 Å². The SMILES string of the molecule is CC(C)(C)OC(=O)N1CCC(CC#N)(c2ccc(Cl)c(Cl)c2)CC1. The minimum atomic E-state index is -0.512. The lowest BCUT2D eigenvalue weighted by Gasteiger charge is -2.41. The fourth-order valence-corrected chi connectivity index (χ4v) is 3.29. The van der Waals surface area contributed by atoms with Crippen molar-refractivity contribution in [1.29, 1.82) is 5.26 Å². The summed E-state index contributed by atoms with van der Waals surface area (Å²) in [5, 5.41) is 10.3. The van der Waals surface area contributed by atoms with Crippen molar-refractivity contribution < 1.29 is 9.53 Å². The van der Waals surface area contributed by atoms with Crippen LogP contribution in [0.25, 0.3) is 0 Å². The number of benzene rings is 1. The summed E-state index contributed by atoms with van der Waals surface area (Å²) >= 11 is 12.1. The van der Waals surface area contributed by atoms with Crippen LogP contribution in [0.4, 0.5) is 4.79 Å². The second kappa shape index (κ2) is 7.21. The molecule has 1 aromatic rings. The van der Waals surface area contributed by atoms with Crippen LogP contribution >= 0.6 is 23.2 Å². The van der Waals surface area contributed by atoms with E-state index in [0.29, 0.717) is 42.4 Å². The van der Waals surface area contributed by atoms with Crippen LogP contribution in [-0.2, 0) is 10.2 Å². The van der Waals surface area contributed by atoms with Gasteiger partial charge in [0.05, 0.1) is 16.1 Å². The third-order valence-electron chi connectivity index (χ3n) is 4.32. The number of ether oxygens (including phenoxy) is 1. The molecule has 0 radical (unpaired) electrons. The maximum Gasteiger partial charge on any atom is 0.410 e. The molecule has 1 aromatic carbocycles. The molecule has 0 saturated carbocycles. The smallest absolute Gasteiger partial charge is 0.410 e. The first-order valence-electron chi connectivity index (χ1n) is 7.97.